The molecule has 0 aliphatic carbocycles. The lowest BCUT2D eigenvalue weighted by atomic mass is 9.84. The van der Waals surface area contributed by atoms with Gasteiger partial charge >= 0.3 is 0 Å². The van der Waals surface area contributed by atoms with Gasteiger partial charge in [0, 0.05) is 5.39 Å². The molecule has 0 N–H and O–H groups in total. The van der Waals surface area contributed by atoms with Crippen molar-refractivity contribution in [2.24, 2.45) is 0 Å². The van der Waals surface area contributed by atoms with Crippen LogP contribution in [0.3, 0.4) is 0 Å². The molecular weight excluding hydrogens is 460 g/mol. The highest BCUT2D eigenvalue weighted by molar-refractivity contribution is 6.25. The van der Waals surface area contributed by atoms with E-state index in [0.717, 1.165) is 27.5 Å². The molecule has 7 aromatic carbocycles. The van der Waals surface area contributed by atoms with Crippen LogP contribution in [-0.4, -0.2) is 9.97 Å². The average Bonchev–Trinajstić information content (AvgIpc) is 2.99. The Labute approximate surface area is 219 Å². The fourth-order valence-electron chi connectivity index (χ4n) is 5.99. The number of benzene rings is 7. The fourth-order valence-corrected chi connectivity index (χ4v) is 5.99. The molecule has 1 aromatic heterocycles. The highest BCUT2D eigenvalue weighted by Crippen LogP contribution is 2.46. The minimum absolute atomic E-state index is 0.912. The number of para-hydroxylation sites is 2. The Bertz CT molecular complexity index is 2120. The molecule has 0 saturated carbocycles. The maximum Gasteiger partial charge on any atom is 0.0973 e. The van der Waals surface area contributed by atoms with Crippen molar-refractivity contribution in [2.75, 3.05) is 0 Å². The van der Waals surface area contributed by atoms with E-state index in [2.05, 4.69) is 109 Å². The third-order valence-corrected chi connectivity index (χ3v) is 7.61. The van der Waals surface area contributed by atoms with Crippen molar-refractivity contribution in [3.8, 4) is 22.3 Å². The number of hydrogen-bond acceptors (Lipinski definition) is 2. The Kier molecular flexibility index (Phi) is 4.55. The molecule has 0 atom stereocenters. The van der Waals surface area contributed by atoms with Crippen LogP contribution in [0.4, 0.5) is 0 Å². The summed E-state index contributed by atoms with van der Waals surface area (Å²) in [6.45, 7) is 0. The van der Waals surface area contributed by atoms with Crippen molar-refractivity contribution in [3.63, 3.8) is 0 Å². The van der Waals surface area contributed by atoms with Crippen molar-refractivity contribution in [1.29, 1.82) is 0 Å². The van der Waals surface area contributed by atoms with Gasteiger partial charge in [0.15, 0.2) is 0 Å². The van der Waals surface area contributed by atoms with Crippen LogP contribution < -0.4 is 0 Å². The SMILES string of the molecule is c1ccc(-c2c3ccccc3c(-c3cc4nc5ccccc5nc4c4ccccc34)c3ccccc23)cc1. The van der Waals surface area contributed by atoms with Crippen LogP contribution in [0.15, 0.2) is 133 Å². The van der Waals surface area contributed by atoms with Gasteiger partial charge in [-0.1, -0.05) is 115 Å². The van der Waals surface area contributed by atoms with Crippen LogP contribution in [0.2, 0.25) is 0 Å². The Morgan fingerprint density at radius 2 is 0.816 bits per heavy atom. The second-order valence-electron chi connectivity index (χ2n) is 9.76. The quantitative estimate of drug-likeness (QED) is 0.181. The van der Waals surface area contributed by atoms with Crippen LogP contribution in [0.1, 0.15) is 0 Å². The molecule has 2 nitrogen and oxygen atoms in total. The zero-order valence-electron chi connectivity index (χ0n) is 20.6. The van der Waals surface area contributed by atoms with Crippen LogP contribution in [0.5, 0.6) is 0 Å². The molecule has 0 saturated heterocycles. The van der Waals surface area contributed by atoms with Crippen LogP contribution in [-0.2, 0) is 0 Å². The van der Waals surface area contributed by atoms with E-state index in [1.807, 2.05) is 24.3 Å². The molecular formula is C36H22N2. The lowest BCUT2D eigenvalue weighted by molar-refractivity contribution is 1.41. The minimum Gasteiger partial charge on any atom is -0.244 e. The minimum atomic E-state index is 0.912. The Balaban J connectivity index is 1.58. The normalized spacial score (nSPS) is 11.7. The van der Waals surface area contributed by atoms with Gasteiger partial charge in [0.1, 0.15) is 0 Å². The summed E-state index contributed by atoms with van der Waals surface area (Å²) in [5, 5.41) is 7.29. The summed E-state index contributed by atoms with van der Waals surface area (Å²) >= 11 is 0. The zero-order chi connectivity index (χ0) is 25.1. The van der Waals surface area contributed by atoms with Crippen LogP contribution in [0, 0.1) is 0 Å². The van der Waals surface area contributed by atoms with Gasteiger partial charge < -0.3 is 0 Å². The standard InChI is InChI=1S/C36H22N2/c1-2-12-23(13-3-1)34-25-15-5-7-17-27(25)35(28-18-8-6-16-26(28)34)30-22-33-36(29-19-9-4-14-24(29)30)38-32-21-11-10-20-31(32)37-33/h1-22H. The summed E-state index contributed by atoms with van der Waals surface area (Å²) in [6, 6.07) is 47.3. The van der Waals surface area contributed by atoms with E-state index in [1.165, 1.54) is 49.2 Å². The summed E-state index contributed by atoms with van der Waals surface area (Å²) in [5.41, 5.74) is 8.61. The summed E-state index contributed by atoms with van der Waals surface area (Å²) < 4.78 is 0. The van der Waals surface area contributed by atoms with Crippen molar-refractivity contribution in [3.05, 3.63) is 133 Å². The Morgan fingerprint density at radius 1 is 0.342 bits per heavy atom. The van der Waals surface area contributed by atoms with Crippen LogP contribution in [0.25, 0.3) is 76.6 Å². The predicted molar refractivity (Wildman–Crippen MR) is 160 cm³/mol. The summed E-state index contributed by atoms with van der Waals surface area (Å²) in [5.74, 6) is 0. The molecule has 0 unspecified atom stereocenters. The van der Waals surface area contributed by atoms with Gasteiger partial charge in [-0.05, 0) is 67.4 Å². The van der Waals surface area contributed by atoms with E-state index in [0.29, 0.717) is 0 Å². The lowest BCUT2D eigenvalue weighted by Gasteiger charge is -2.19. The first-order chi connectivity index (χ1) is 18.9. The highest BCUT2D eigenvalue weighted by atomic mass is 14.8. The maximum absolute atomic E-state index is 5.08. The van der Waals surface area contributed by atoms with Gasteiger partial charge in [0.25, 0.3) is 0 Å². The van der Waals surface area contributed by atoms with E-state index < -0.39 is 0 Å². The first-order valence-corrected chi connectivity index (χ1v) is 12.9. The molecule has 8 aromatic rings. The largest absolute Gasteiger partial charge is 0.244 e. The molecule has 1 heterocycles. The Hall–Kier alpha value is -5.08. The lowest BCUT2D eigenvalue weighted by Crippen LogP contribution is -1.94. The first-order valence-electron chi connectivity index (χ1n) is 12.9. The van der Waals surface area contributed by atoms with E-state index in [-0.39, 0.29) is 0 Å². The van der Waals surface area contributed by atoms with Gasteiger partial charge in [-0.2, -0.15) is 0 Å². The van der Waals surface area contributed by atoms with Crippen molar-refractivity contribution in [2.45, 2.75) is 0 Å². The summed E-state index contributed by atoms with van der Waals surface area (Å²) in [6.07, 6.45) is 0. The molecule has 0 aliphatic rings. The predicted octanol–water partition coefficient (Wildman–Crippen LogP) is 9.58. The number of rotatable bonds is 2. The summed E-state index contributed by atoms with van der Waals surface area (Å²) in [7, 11) is 0. The smallest absolute Gasteiger partial charge is 0.0973 e. The van der Waals surface area contributed by atoms with Gasteiger partial charge in [-0.15, -0.1) is 0 Å². The van der Waals surface area contributed by atoms with E-state index in [9.17, 15) is 0 Å². The second-order valence-corrected chi connectivity index (χ2v) is 9.76. The van der Waals surface area contributed by atoms with Gasteiger partial charge in [0.2, 0.25) is 0 Å². The second kappa shape index (κ2) is 8.22. The topological polar surface area (TPSA) is 25.8 Å². The maximum atomic E-state index is 5.08. The molecule has 0 radical (unpaired) electrons. The van der Waals surface area contributed by atoms with E-state index >= 15 is 0 Å². The fraction of sp³-hybridized carbons (Fsp3) is 0. The molecule has 0 fully saturated rings. The molecule has 0 spiro atoms. The molecule has 38 heavy (non-hydrogen) atoms. The Morgan fingerprint density at radius 3 is 1.45 bits per heavy atom. The van der Waals surface area contributed by atoms with E-state index in [1.54, 1.807) is 0 Å². The number of nitrogens with zero attached hydrogens (tertiary/aromatic N) is 2. The van der Waals surface area contributed by atoms with Gasteiger partial charge in [-0.3, -0.25) is 0 Å². The first kappa shape index (κ1) is 21.0. The van der Waals surface area contributed by atoms with Crippen molar-refractivity contribution in [1.82, 2.24) is 9.97 Å². The number of aromatic nitrogens is 2. The average molecular weight is 483 g/mol. The molecule has 0 aliphatic heterocycles. The molecule has 0 amide bonds. The summed E-state index contributed by atoms with van der Waals surface area (Å²) in [4.78, 5) is 10.1. The molecule has 8 rings (SSSR count). The molecule has 0 bridgehead atoms. The van der Waals surface area contributed by atoms with E-state index in [4.69, 9.17) is 9.97 Å². The highest BCUT2D eigenvalue weighted by Gasteiger charge is 2.19. The number of hydrogen-bond donors (Lipinski definition) is 0. The molecule has 2 heteroatoms. The third kappa shape index (κ3) is 3.07. The molecule has 176 valence electrons. The van der Waals surface area contributed by atoms with Gasteiger partial charge in [0.05, 0.1) is 22.1 Å². The van der Waals surface area contributed by atoms with Crippen molar-refractivity contribution >= 4 is 54.4 Å². The third-order valence-electron chi connectivity index (χ3n) is 7.61. The number of fused-ring (bicyclic) bond motifs is 6. The monoisotopic (exact) mass is 482 g/mol. The van der Waals surface area contributed by atoms with Crippen LogP contribution >= 0.6 is 0 Å². The zero-order valence-corrected chi connectivity index (χ0v) is 20.6. The van der Waals surface area contributed by atoms with Gasteiger partial charge in [-0.25, -0.2) is 9.97 Å². The van der Waals surface area contributed by atoms with Crippen molar-refractivity contribution < 1.29 is 0 Å².